The number of hydrogen-bond acceptors (Lipinski definition) is 4. The normalized spacial score (nSPS) is 18.3. The van der Waals surface area contributed by atoms with Gasteiger partial charge in [0.1, 0.15) is 52.0 Å². The van der Waals surface area contributed by atoms with E-state index >= 15 is 0 Å². The van der Waals surface area contributed by atoms with Gasteiger partial charge in [0, 0.05) is 24.3 Å². The van der Waals surface area contributed by atoms with E-state index in [1.54, 1.807) is 0 Å². The molecule has 0 unspecified atom stereocenters. The number of nitriles is 1. The van der Waals surface area contributed by atoms with Gasteiger partial charge in [-0.25, -0.2) is 22.4 Å². The van der Waals surface area contributed by atoms with Crippen LogP contribution in [0.2, 0.25) is 0 Å². The third-order valence-corrected chi connectivity index (χ3v) is 5.59. The fourth-order valence-electron chi connectivity index (χ4n) is 3.72. The molecular weight excluding hydrogens is 414 g/mol. The first kappa shape index (κ1) is 22.6. The molecular formula is C23H21F4NO3. The highest BCUT2D eigenvalue weighted by molar-refractivity contribution is 5.91. The summed E-state index contributed by atoms with van der Waals surface area (Å²) in [4.78, 5) is 12.2. The number of nitrogens with zero attached hydrogens (tertiary/aromatic N) is 1. The maximum Gasteiger partial charge on any atom is 0.349 e. The monoisotopic (exact) mass is 435 g/mol. The lowest BCUT2D eigenvalue weighted by atomic mass is 9.81. The Labute approximate surface area is 177 Å². The molecule has 2 aromatic rings. The van der Waals surface area contributed by atoms with Gasteiger partial charge in [-0.15, -0.1) is 0 Å². The molecule has 4 nitrogen and oxygen atoms in total. The van der Waals surface area contributed by atoms with Gasteiger partial charge >= 0.3 is 5.97 Å². The molecule has 0 radical (unpaired) electrons. The molecule has 164 valence electrons. The molecule has 0 aromatic heterocycles. The Bertz CT molecular complexity index is 964. The van der Waals surface area contributed by atoms with Crippen molar-refractivity contribution < 1.29 is 31.8 Å². The maximum atomic E-state index is 14.4. The van der Waals surface area contributed by atoms with Gasteiger partial charge in [0.15, 0.2) is 0 Å². The van der Waals surface area contributed by atoms with E-state index in [-0.39, 0.29) is 5.75 Å². The van der Waals surface area contributed by atoms with E-state index in [1.807, 2.05) is 0 Å². The van der Waals surface area contributed by atoms with Crippen LogP contribution in [0, 0.1) is 46.4 Å². The minimum atomic E-state index is -1.47. The van der Waals surface area contributed by atoms with E-state index in [9.17, 15) is 22.4 Å². The van der Waals surface area contributed by atoms with Gasteiger partial charge in [0.05, 0.1) is 6.61 Å². The first-order valence-electron chi connectivity index (χ1n) is 10.1. The average molecular weight is 435 g/mol. The Kier molecular flexibility index (Phi) is 7.16. The lowest BCUT2D eigenvalue weighted by Gasteiger charge is -2.27. The van der Waals surface area contributed by atoms with Crippen LogP contribution in [0.5, 0.6) is 11.5 Å². The summed E-state index contributed by atoms with van der Waals surface area (Å²) in [6.45, 7) is 2.48. The van der Waals surface area contributed by atoms with Crippen molar-refractivity contribution in [1.29, 1.82) is 5.26 Å². The third kappa shape index (κ3) is 5.35. The van der Waals surface area contributed by atoms with Crippen molar-refractivity contribution in [3.63, 3.8) is 0 Å². The molecule has 0 amide bonds. The lowest BCUT2D eigenvalue weighted by Crippen LogP contribution is -2.20. The number of rotatable bonds is 6. The smallest absolute Gasteiger partial charge is 0.349 e. The molecule has 1 aliphatic carbocycles. The van der Waals surface area contributed by atoms with E-state index in [0.29, 0.717) is 24.7 Å². The predicted molar refractivity (Wildman–Crippen MR) is 104 cm³/mol. The third-order valence-electron chi connectivity index (χ3n) is 5.59. The van der Waals surface area contributed by atoms with Crippen LogP contribution in [0.3, 0.4) is 0 Å². The van der Waals surface area contributed by atoms with Crippen molar-refractivity contribution in [2.45, 2.75) is 39.0 Å². The highest BCUT2D eigenvalue weighted by Crippen LogP contribution is 2.31. The van der Waals surface area contributed by atoms with Crippen LogP contribution in [0.15, 0.2) is 24.3 Å². The summed E-state index contributed by atoms with van der Waals surface area (Å²) in [5, 5.41) is 8.65. The number of halogens is 4. The molecule has 0 aliphatic heterocycles. The minimum absolute atomic E-state index is 0.0559. The van der Waals surface area contributed by atoms with Crippen molar-refractivity contribution >= 4 is 5.97 Å². The summed E-state index contributed by atoms with van der Waals surface area (Å²) >= 11 is 0. The Morgan fingerprint density at radius 1 is 0.935 bits per heavy atom. The summed E-state index contributed by atoms with van der Waals surface area (Å²) in [7, 11) is 0. The first-order chi connectivity index (χ1) is 14.8. The van der Waals surface area contributed by atoms with Crippen LogP contribution < -0.4 is 9.47 Å². The van der Waals surface area contributed by atoms with Gasteiger partial charge in [0.25, 0.3) is 0 Å². The van der Waals surface area contributed by atoms with Gasteiger partial charge in [-0.3, -0.25) is 0 Å². The highest BCUT2D eigenvalue weighted by atomic mass is 19.1. The molecule has 0 heterocycles. The fourth-order valence-corrected chi connectivity index (χ4v) is 3.72. The molecule has 3 rings (SSSR count). The van der Waals surface area contributed by atoms with E-state index in [2.05, 4.69) is 11.7 Å². The molecule has 2 aromatic carbocycles. The topological polar surface area (TPSA) is 59.3 Å². The van der Waals surface area contributed by atoms with E-state index < -0.39 is 46.1 Å². The maximum absolute atomic E-state index is 14.4. The van der Waals surface area contributed by atoms with Crippen molar-refractivity contribution in [3.8, 4) is 17.6 Å². The van der Waals surface area contributed by atoms with Gasteiger partial charge in [0.2, 0.25) is 0 Å². The van der Waals surface area contributed by atoms with Gasteiger partial charge in [-0.05, 0) is 24.7 Å². The van der Waals surface area contributed by atoms with Crippen LogP contribution in [0.4, 0.5) is 17.6 Å². The fraction of sp³-hybridized carbons (Fsp3) is 0.391. The Balaban J connectivity index is 1.67. The largest absolute Gasteiger partial charge is 0.493 e. The van der Waals surface area contributed by atoms with E-state index in [1.165, 1.54) is 6.07 Å². The number of esters is 1. The van der Waals surface area contributed by atoms with Crippen molar-refractivity contribution in [2.24, 2.45) is 11.8 Å². The summed E-state index contributed by atoms with van der Waals surface area (Å²) in [5.41, 5.74) is -1.87. The van der Waals surface area contributed by atoms with Crippen LogP contribution >= 0.6 is 0 Å². The van der Waals surface area contributed by atoms with Gasteiger partial charge in [-0.2, -0.15) is 5.26 Å². The summed E-state index contributed by atoms with van der Waals surface area (Å²) in [5.74, 6) is -6.09. The van der Waals surface area contributed by atoms with E-state index in [0.717, 1.165) is 50.2 Å². The van der Waals surface area contributed by atoms with Crippen LogP contribution in [-0.4, -0.2) is 12.6 Å². The molecule has 0 atom stereocenters. The predicted octanol–water partition coefficient (Wildman–Crippen LogP) is 5.93. The number of hydrogen-bond donors (Lipinski definition) is 0. The molecule has 0 spiro atoms. The molecule has 0 saturated heterocycles. The zero-order valence-corrected chi connectivity index (χ0v) is 16.9. The number of ether oxygens (including phenoxy) is 2. The molecule has 31 heavy (non-hydrogen) atoms. The summed E-state index contributed by atoms with van der Waals surface area (Å²) in [6.07, 6.45) is 5.34. The quantitative estimate of drug-likeness (QED) is 0.321. The molecule has 0 N–H and O–H groups in total. The SMILES string of the molecule is CC[C@H]1CC[C@H](COc2cc(F)c(C(=O)Oc3cc(F)c(C#N)c(F)c3)c(F)c2)CC1. The average Bonchev–Trinajstić information content (AvgIpc) is 2.72. The van der Waals surface area contributed by atoms with Crippen LogP contribution in [0.1, 0.15) is 54.9 Å². The van der Waals surface area contributed by atoms with Crippen LogP contribution in [0.25, 0.3) is 0 Å². The first-order valence-corrected chi connectivity index (χ1v) is 10.1. The second kappa shape index (κ2) is 9.82. The molecule has 0 bridgehead atoms. The zero-order chi connectivity index (χ0) is 22.5. The van der Waals surface area contributed by atoms with E-state index in [4.69, 9.17) is 10.00 Å². The molecule has 1 aliphatic rings. The summed E-state index contributed by atoms with van der Waals surface area (Å²) in [6, 6.07) is 4.23. The number of benzene rings is 2. The highest BCUT2D eigenvalue weighted by Gasteiger charge is 2.24. The number of carbonyl (C=O) groups is 1. The second-order valence-corrected chi connectivity index (χ2v) is 7.63. The zero-order valence-electron chi connectivity index (χ0n) is 16.9. The van der Waals surface area contributed by atoms with Crippen molar-refractivity contribution in [1.82, 2.24) is 0 Å². The second-order valence-electron chi connectivity index (χ2n) is 7.63. The Morgan fingerprint density at radius 3 is 1.97 bits per heavy atom. The van der Waals surface area contributed by atoms with Crippen molar-refractivity contribution in [3.05, 3.63) is 58.7 Å². The standard InChI is InChI=1S/C23H21F4NO3/c1-2-13-3-5-14(6-4-13)12-30-15-7-20(26)22(21(27)8-15)23(29)31-16-9-18(24)17(11-28)19(25)10-16/h7-10,13-14H,2-6,12H2,1H3/t13-,14-. The van der Waals surface area contributed by atoms with Crippen molar-refractivity contribution in [2.75, 3.05) is 6.61 Å². The molecule has 1 fully saturated rings. The van der Waals surface area contributed by atoms with Gasteiger partial charge < -0.3 is 9.47 Å². The summed E-state index contributed by atoms with van der Waals surface area (Å²) < 4.78 is 66.3. The number of carbonyl (C=O) groups excluding carboxylic acids is 1. The minimum Gasteiger partial charge on any atom is -0.493 e. The van der Waals surface area contributed by atoms with Gasteiger partial charge in [-0.1, -0.05) is 26.2 Å². The molecule has 8 heteroatoms. The van der Waals surface area contributed by atoms with Crippen LogP contribution in [-0.2, 0) is 0 Å². The lowest BCUT2D eigenvalue weighted by molar-refractivity contribution is 0.0723. The Hall–Kier alpha value is -3.08. The molecule has 1 saturated carbocycles. The Morgan fingerprint density at radius 2 is 1.45 bits per heavy atom.